The van der Waals surface area contributed by atoms with E-state index in [9.17, 15) is 23.3 Å². The minimum atomic E-state index is -4.65. The molecule has 23 heavy (non-hydrogen) atoms. The molecule has 0 spiro atoms. The number of hydrogen-bond donors (Lipinski definition) is 3. The minimum Gasteiger partial charge on any atom is -0.360 e. The molecule has 0 amide bonds. The van der Waals surface area contributed by atoms with Crippen molar-refractivity contribution in [2.45, 2.75) is 6.18 Å². The van der Waals surface area contributed by atoms with Gasteiger partial charge in [0.05, 0.1) is 10.5 Å². The van der Waals surface area contributed by atoms with Crippen LogP contribution in [-0.2, 0) is 6.18 Å². The molecule has 0 aliphatic rings. The molecule has 1 aromatic carbocycles. The second kappa shape index (κ2) is 7.92. The second-order valence-electron chi connectivity index (χ2n) is 4.80. The van der Waals surface area contributed by atoms with Gasteiger partial charge in [0.15, 0.2) is 5.11 Å². The molecule has 0 saturated heterocycles. The minimum absolute atomic E-state index is 0.125. The van der Waals surface area contributed by atoms with Gasteiger partial charge in [-0.05, 0) is 38.4 Å². The van der Waals surface area contributed by atoms with Crippen molar-refractivity contribution >= 4 is 28.7 Å². The molecule has 0 atom stereocenters. The number of likely N-dealkylation sites (N-methyl/N-ethyl adjacent to an activating group) is 1. The monoisotopic (exact) mass is 351 g/mol. The van der Waals surface area contributed by atoms with Crippen LogP contribution in [0.1, 0.15) is 5.56 Å². The number of halogens is 3. The molecule has 0 aromatic heterocycles. The summed E-state index contributed by atoms with van der Waals surface area (Å²) in [5.74, 6) is 0. The quantitative estimate of drug-likeness (QED) is 0.411. The summed E-state index contributed by atoms with van der Waals surface area (Å²) < 4.78 is 37.8. The number of nitrogens with zero attached hydrogens (tertiary/aromatic N) is 2. The summed E-state index contributed by atoms with van der Waals surface area (Å²) in [6, 6.07) is 2.18. The first-order chi connectivity index (χ1) is 10.6. The smallest absolute Gasteiger partial charge is 0.360 e. The SMILES string of the molecule is CN(C)CCNC(=S)NNc1ccc(C(F)(F)F)cc1[N+](=O)[O-]. The lowest BCUT2D eigenvalue weighted by atomic mass is 10.1. The van der Waals surface area contributed by atoms with Gasteiger partial charge in [0, 0.05) is 19.2 Å². The molecule has 0 radical (unpaired) electrons. The van der Waals surface area contributed by atoms with Crippen molar-refractivity contribution in [2.24, 2.45) is 0 Å². The molecule has 0 saturated carbocycles. The van der Waals surface area contributed by atoms with Crippen molar-refractivity contribution in [3.8, 4) is 0 Å². The van der Waals surface area contributed by atoms with Gasteiger partial charge < -0.3 is 10.2 Å². The number of hydrazine groups is 1. The summed E-state index contributed by atoms with van der Waals surface area (Å²) in [4.78, 5) is 11.9. The van der Waals surface area contributed by atoms with Crippen molar-refractivity contribution in [3.05, 3.63) is 33.9 Å². The van der Waals surface area contributed by atoms with Crippen molar-refractivity contribution in [1.29, 1.82) is 0 Å². The van der Waals surface area contributed by atoms with Crippen LogP contribution in [-0.4, -0.2) is 42.1 Å². The molecule has 0 bridgehead atoms. The van der Waals surface area contributed by atoms with Crippen molar-refractivity contribution in [1.82, 2.24) is 15.6 Å². The third-order valence-electron chi connectivity index (χ3n) is 2.68. The Bertz CT molecular complexity index is 580. The molecule has 1 rings (SSSR count). The molecule has 0 heterocycles. The van der Waals surface area contributed by atoms with E-state index < -0.39 is 22.4 Å². The number of alkyl halides is 3. The fourth-order valence-electron chi connectivity index (χ4n) is 1.53. The highest BCUT2D eigenvalue weighted by Gasteiger charge is 2.33. The zero-order valence-electron chi connectivity index (χ0n) is 12.4. The van der Waals surface area contributed by atoms with Gasteiger partial charge in [0.25, 0.3) is 5.69 Å². The van der Waals surface area contributed by atoms with Crippen molar-refractivity contribution in [3.63, 3.8) is 0 Å². The number of nitro groups is 1. The Balaban J connectivity index is 2.73. The molecule has 7 nitrogen and oxygen atoms in total. The van der Waals surface area contributed by atoms with Crippen molar-refractivity contribution < 1.29 is 18.1 Å². The highest BCUT2D eigenvalue weighted by Crippen LogP contribution is 2.34. The first-order valence-corrected chi connectivity index (χ1v) is 6.82. The van der Waals surface area contributed by atoms with Crippen LogP contribution in [0, 0.1) is 10.1 Å². The highest BCUT2D eigenvalue weighted by molar-refractivity contribution is 7.80. The lowest BCUT2D eigenvalue weighted by Crippen LogP contribution is -2.41. The Labute approximate surface area is 136 Å². The lowest BCUT2D eigenvalue weighted by molar-refractivity contribution is -0.384. The molecule has 1 aromatic rings. The van der Waals surface area contributed by atoms with Gasteiger partial charge in [-0.3, -0.25) is 21.0 Å². The molecule has 0 fully saturated rings. The summed E-state index contributed by atoms with van der Waals surface area (Å²) in [6.07, 6.45) is -4.65. The highest BCUT2D eigenvalue weighted by atomic mass is 32.1. The summed E-state index contributed by atoms with van der Waals surface area (Å²) in [7, 11) is 3.75. The van der Waals surface area contributed by atoms with Crippen LogP contribution in [0.5, 0.6) is 0 Å². The van der Waals surface area contributed by atoms with Crippen LogP contribution in [0.4, 0.5) is 24.5 Å². The number of nitrogens with one attached hydrogen (secondary N) is 3. The molecule has 11 heteroatoms. The first-order valence-electron chi connectivity index (χ1n) is 6.41. The Morgan fingerprint density at radius 1 is 1.39 bits per heavy atom. The third-order valence-corrected chi connectivity index (χ3v) is 2.92. The van der Waals surface area contributed by atoms with E-state index in [1.807, 2.05) is 19.0 Å². The van der Waals surface area contributed by atoms with E-state index in [4.69, 9.17) is 12.2 Å². The van der Waals surface area contributed by atoms with Gasteiger partial charge in [-0.25, -0.2) is 0 Å². The lowest BCUT2D eigenvalue weighted by Gasteiger charge is -2.15. The molecule has 128 valence electrons. The van der Waals surface area contributed by atoms with Gasteiger partial charge in [-0.1, -0.05) is 0 Å². The van der Waals surface area contributed by atoms with E-state index in [1.165, 1.54) is 0 Å². The number of benzene rings is 1. The van der Waals surface area contributed by atoms with E-state index >= 15 is 0 Å². The molecule has 0 aliphatic heterocycles. The Kier molecular flexibility index (Phi) is 6.51. The third kappa shape index (κ3) is 6.24. The van der Waals surface area contributed by atoms with Gasteiger partial charge >= 0.3 is 6.18 Å². The van der Waals surface area contributed by atoms with Crippen molar-refractivity contribution in [2.75, 3.05) is 32.6 Å². The number of hydrogen-bond acceptors (Lipinski definition) is 5. The molecular formula is C12H16F3N5O2S. The summed E-state index contributed by atoms with van der Waals surface area (Å²) in [6.45, 7) is 1.25. The Morgan fingerprint density at radius 3 is 2.57 bits per heavy atom. The second-order valence-corrected chi connectivity index (χ2v) is 5.20. The summed E-state index contributed by atoms with van der Waals surface area (Å²) >= 11 is 4.95. The molecular weight excluding hydrogens is 335 g/mol. The zero-order chi connectivity index (χ0) is 17.6. The van der Waals surface area contributed by atoms with E-state index in [2.05, 4.69) is 16.2 Å². The molecule has 3 N–H and O–H groups in total. The van der Waals surface area contributed by atoms with E-state index in [1.54, 1.807) is 0 Å². The Morgan fingerprint density at radius 2 is 2.04 bits per heavy atom. The van der Waals surface area contributed by atoms with Crippen LogP contribution in [0.2, 0.25) is 0 Å². The first kappa shape index (κ1) is 18.9. The zero-order valence-corrected chi connectivity index (χ0v) is 13.2. The van der Waals surface area contributed by atoms with Crippen LogP contribution >= 0.6 is 12.2 Å². The Hall–Kier alpha value is -2.14. The number of rotatable bonds is 6. The number of anilines is 1. The maximum Gasteiger partial charge on any atom is 0.416 e. The normalized spacial score (nSPS) is 11.2. The maximum absolute atomic E-state index is 12.6. The van der Waals surface area contributed by atoms with Crippen LogP contribution < -0.4 is 16.2 Å². The van der Waals surface area contributed by atoms with Gasteiger partial charge in [-0.15, -0.1) is 0 Å². The average Bonchev–Trinajstić information content (AvgIpc) is 2.43. The van der Waals surface area contributed by atoms with E-state index in [-0.39, 0.29) is 10.8 Å². The predicted molar refractivity (Wildman–Crippen MR) is 84.0 cm³/mol. The fourth-order valence-corrected chi connectivity index (χ4v) is 1.68. The maximum atomic E-state index is 12.6. The average molecular weight is 351 g/mol. The van der Waals surface area contributed by atoms with Gasteiger partial charge in [-0.2, -0.15) is 13.2 Å². The van der Waals surface area contributed by atoms with E-state index in [0.717, 1.165) is 12.1 Å². The standard InChI is InChI=1S/C12H16F3N5O2S/c1-19(2)6-5-16-11(23)18-17-9-4-3-8(12(13,14)15)7-10(9)20(21)22/h3-4,7,17H,5-6H2,1-2H3,(H2,16,18,23). The molecule has 0 unspecified atom stereocenters. The fraction of sp³-hybridized carbons (Fsp3) is 0.417. The summed E-state index contributed by atoms with van der Waals surface area (Å²) in [5.41, 5.74) is 3.00. The topological polar surface area (TPSA) is 82.5 Å². The number of thiocarbonyl (C=S) groups is 1. The van der Waals surface area contributed by atoms with E-state index in [0.29, 0.717) is 19.2 Å². The van der Waals surface area contributed by atoms with Crippen LogP contribution in [0.3, 0.4) is 0 Å². The van der Waals surface area contributed by atoms with Gasteiger partial charge in [0.1, 0.15) is 5.69 Å². The van der Waals surface area contributed by atoms with Gasteiger partial charge in [0.2, 0.25) is 0 Å². The van der Waals surface area contributed by atoms with Crippen LogP contribution in [0.15, 0.2) is 18.2 Å². The largest absolute Gasteiger partial charge is 0.416 e. The molecule has 0 aliphatic carbocycles. The van der Waals surface area contributed by atoms with Crippen LogP contribution in [0.25, 0.3) is 0 Å². The summed E-state index contributed by atoms with van der Waals surface area (Å²) in [5, 5.41) is 13.9. The number of nitro benzene ring substituents is 1. The predicted octanol–water partition coefficient (Wildman–Crippen LogP) is 1.97.